The van der Waals surface area contributed by atoms with Gasteiger partial charge in [-0.25, -0.2) is 10.4 Å². The van der Waals surface area contributed by atoms with Crippen LogP contribution in [0.5, 0.6) is 0 Å². The summed E-state index contributed by atoms with van der Waals surface area (Å²) in [6, 6.07) is 0.0468. The van der Waals surface area contributed by atoms with Crippen molar-refractivity contribution in [2.45, 2.75) is 51.7 Å². The van der Waals surface area contributed by atoms with Crippen LogP contribution in [0.25, 0.3) is 0 Å². The van der Waals surface area contributed by atoms with Crippen LogP contribution in [-0.2, 0) is 6.54 Å². The van der Waals surface area contributed by atoms with Crippen LogP contribution < -0.4 is 11.3 Å². The molecule has 18 heavy (non-hydrogen) atoms. The first-order chi connectivity index (χ1) is 8.61. The molecule has 5 nitrogen and oxygen atoms in total. The number of nitrogens with one attached hydrogen (secondary N) is 1. The topological polar surface area (TPSA) is 59.1 Å². The minimum atomic E-state index is -0.0243. The molecular formula is C13H25N5. The van der Waals surface area contributed by atoms with Crippen molar-refractivity contribution in [2.75, 3.05) is 13.1 Å². The summed E-state index contributed by atoms with van der Waals surface area (Å²) in [5, 5.41) is 0. The molecule has 5 heteroatoms. The number of nitrogens with zero attached hydrogens (tertiary/aromatic N) is 3. The number of imidazole rings is 1. The third kappa shape index (κ3) is 2.30. The molecular weight excluding hydrogens is 226 g/mol. The van der Waals surface area contributed by atoms with E-state index >= 15 is 0 Å². The van der Waals surface area contributed by atoms with Crippen molar-refractivity contribution >= 4 is 0 Å². The second-order valence-electron chi connectivity index (χ2n) is 5.52. The number of rotatable bonds is 5. The Morgan fingerprint density at radius 1 is 1.44 bits per heavy atom. The fraction of sp³-hybridized carbons (Fsp3) is 0.769. The highest BCUT2D eigenvalue weighted by Crippen LogP contribution is 2.32. The van der Waals surface area contributed by atoms with Crippen molar-refractivity contribution in [3.05, 3.63) is 18.2 Å². The fourth-order valence-corrected chi connectivity index (χ4v) is 2.92. The summed E-state index contributed by atoms with van der Waals surface area (Å²) in [5.41, 5.74) is 2.95. The molecule has 0 amide bonds. The summed E-state index contributed by atoms with van der Waals surface area (Å²) >= 11 is 0. The normalized spacial score (nSPS) is 19.3. The Hall–Kier alpha value is -0.910. The van der Waals surface area contributed by atoms with E-state index in [1.807, 2.05) is 12.4 Å². The molecule has 2 rings (SSSR count). The van der Waals surface area contributed by atoms with Crippen molar-refractivity contribution < 1.29 is 0 Å². The van der Waals surface area contributed by atoms with Gasteiger partial charge in [0.15, 0.2) is 0 Å². The number of aryl methyl sites for hydroxylation is 1. The van der Waals surface area contributed by atoms with Gasteiger partial charge in [0, 0.05) is 24.5 Å². The van der Waals surface area contributed by atoms with E-state index < -0.39 is 0 Å². The summed E-state index contributed by atoms with van der Waals surface area (Å²) in [6.07, 6.45) is 6.43. The van der Waals surface area contributed by atoms with Gasteiger partial charge in [-0.15, -0.1) is 0 Å². The zero-order chi connectivity index (χ0) is 13.2. The van der Waals surface area contributed by atoms with Crippen LogP contribution >= 0.6 is 0 Å². The lowest BCUT2D eigenvalue weighted by molar-refractivity contribution is 0.101. The number of hydrazine groups is 1. The predicted molar refractivity (Wildman–Crippen MR) is 72.9 cm³/mol. The number of nitrogens with two attached hydrogens (primary N) is 1. The average Bonchev–Trinajstić information content (AvgIpc) is 3.00. The maximum Gasteiger partial charge on any atom is 0.129 e. The Labute approximate surface area is 109 Å². The molecule has 1 unspecified atom stereocenters. The van der Waals surface area contributed by atoms with Gasteiger partial charge < -0.3 is 4.57 Å². The molecule has 1 aliphatic rings. The van der Waals surface area contributed by atoms with Gasteiger partial charge >= 0.3 is 0 Å². The molecule has 0 aromatic carbocycles. The molecule has 0 aliphatic carbocycles. The quantitative estimate of drug-likeness (QED) is 0.611. The van der Waals surface area contributed by atoms with E-state index in [-0.39, 0.29) is 11.6 Å². The molecule has 0 bridgehead atoms. The van der Waals surface area contributed by atoms with Gasteiger partial charge in [0.1, 0.15) is 5.82 Å². The molecule has 1 saturated heterocycles. The predicted octanol–water partition coefficient (Wildman–Crippen LogP) is 1.28. The van der Waals surface area contributed by atoms with Gasteiger partial charge in [-0.2, -0.15) is 0 Å². The van der Waals surface area contributed by atoms with Crippen molar-refractivity contribution in [1.82, 2.24) is 19.9 Å². The molecule has 1 aliphatic heterocycles. The highest BCUT2D eigenvalue weighted by atomic mass is 15.3. The van der Waals surface area contributed by atoms with Crippen LogP contribution in [0.15, 0.2) is 12.4 Å². The number of likely N-dealkylation sites (tertiary alicyclic amines) is 1. The van der Waals surface area contributed by atoms with Gasteiger partial charge in [0.05, 0.1) is 6.04 Å². The highest BCUT2D eigenvalue weighted by molar-refractivity contribution is 5.08. The van der Waals surface area contributed by atoms with Crippen LogP contribution in [0.2, 0.25) is 0 Å². The smallest absolute Gasteiger partial charge is 0.129 e. The number of hydrogen-bond acceptors (Lipinski definition) is 4. The largest absolute Gasteiger partial charge is 0.334 e. The first kappa shape index (κ1) is 13.5. The summed E-state index contributed by atoms with van der Waals surface area (Å²) in [7, 11) is 0. The molecule has 3 N–H and O–H groups in total. The third-order valence-electron chi connectivity index (χ3n) is 4.14. The molecule has 0 radical (unpaired) electrons. The van der Waals surface area contributed by atoms with E-state index in [2.05, 4.69) is 40.6 Å². The van der Waals surface area contributed by atoms with E-state index in [9.17, 15) is 0 Å². The summed E-state index contributed by atoms with van der Waals surface area (Å²) in [4.78, 5) is 7.00. The maximum absolute atomic E-state index is 5.81. The Bertz CT molecular complexity index is 378. The van der Waals surface area contributed by atoms with Gasteiger partial charge in [-0.3, -0.25) is 10.7 Å². The van der Waals surface area contributed by atoms with Crippen LogP contribution in [0, 0.1) is 0 Å². The van der Waals surface area contributed by atoms with Crippen LogP contribution in [-0.4, -0.2) is 33.1 Å². The second kappa shape index (κ2) is 5.38. The average molecular weight is 251 g/mol. The summed E-state index contributed by atoms with van der Waals surface area (Å²) in [6.45, 7) is 9.84. The standard InChI is InChI=1S/C13H25N5/c1-4-17-10-7-15-12(17)11(16-14)13(2,3)18-8-5-6-9-18/h7,10-11,16H,4-6,8-9,14H2,1-3H3. The lowest BCUT2D eigenvalue weighted by atomic mass is 9.92. The van der Waals surface area contributed by atoms with Crippen LogP contribution in [0.4, 0.5) is 0 Å². The molecule has 0 spiro atoms. The zero-order valence-electron chi connectivity index (χ0n) is 11.7. The van der Waals surface area contributed by atoms with E-state index in [0.717, 1.165) is 25.5 Å². The molecule has 102 valence electrons. The van der Waals surface area contributed by atoms with E-state index in [0.29, 0.717) is 0 Å². The first-order valence-corrected chi connectivity index (χ1v) is 6.83. The van der Waals surface area contributed by atoms with Crippen molar-refractivity contribution in [1.29, 1.82) is 0 Å². The minimum absolute atomic E-state index is 0.0243. The van der Waals surface area contributed by atoms with Crippen molar-refractivity contribution in [2.24, 2.45) is 5.84 Å². The molecule has 1 fully saturated rings. The van der Waals surface area contributed by atoms with E-state index in [4.69, 9.17) is 5.84 Å². The van der Waals surface area contributed by atoms with Crippen LogP contribution in [0.1, 0.15) is 45.5 Å². The SMILES string of the molecule is CCn1ccnc1C(NN)C(C)(C)N1CCCC1. The number of hydrogen-bond donors (Lipinski definition) is 2. The lowest BCUT2D eigenvalue weighted by Crippen LogP contribution is -2.54. The Balaban J connectivity index is 2.26. The van der Waals surface area contributed by atoms with Crippen LogP contribution in [0.3, 0.4) is 0 Å². The first-order valence-electron chi connectivity index (χ1n) is 6.83. The van der Waals surface area contributed by atoms with Gasteiger partial charge in [-0.1, -0.05) is 0 Å². The minimum Gasteiger partial charge on any atom is -0.334 e. The molecule has 0 saturated carbocycles. The fourth-order valence-electron chi connectivity index (χ4n) is 2.92. The summed E-state index contributed by atoms with van der Waals surface area (Å²) in [5.74, 6) is 6.84. The van der Waals surface area contributed by atoms with Crippen molar-refractivity contribution in [3.63, 3.8) is 0 Å². The second-order valence-corrected chi connectivity index (χ2v) is 5.52. The maximum atomic E-state index is 5.81. The molecule has 1 atom stereocenters. The Morgan fingerprint density at radius 3 is 2.67 bits per heavy atom. The summed E-state index contributed by atoms with van der Waals surface area (Å²) < 4.78 is 2.16. The van der Waals surface area contributed by atoms with Crippen molar-refractivity contribution in [3.8, 4) is 0 Å². The number of aromatic nitrogens is 2. The van der Waals surface area contributed by atoms with Gasteiger partial charge in [0.2, 0.25) is 0 Å². The van der Waals surface area contributed by atoms with E-state index in [1.54, 1.807) is 0 Å². The highest BCUT2D eigenvalue weighted by Gasteiger charge is 2.39. The third-order valence-corrected chi connectivity index (χ3v) is 4.14. The zero-order valence-corrected chi connectivity index (χ0v) is 11.7. The molecule has 2 heterocycles. The van der Waals surface area contributed by atoms with Gasteiger partial charge in [-0.05, 0) is 46.7 Å². The molecule has 1 aromatic heterocycles. The van der Waals surface area contributed by atoms with E-state index in [1.165, 1.54) is 12.8 Å². The Morgan fingerprint density at radius 2 is 2.11 bits per heavy atom. The molecule has 1 aromatic rings. The Kier molecular flexibility index (Phi) is 4.04. The monoisotopic (exact) mass is 251 g/mol. The lowest BCUT2D eigenvalue weighted by Gasteiger charge is -2.41. The van der Waals surface area contributed by atoms with Gasteiger partial charge in [0.25, 0.3) is 0 Å².